The summed E-state index contributed by atoms with van der Waals surface area (Å²) >= 11 is 5.55. The van der Waals surface area contributed by atoms with Crippen molar-refractivity contribution in [2.75, 3.05) is 0 Å². The second-order valence-corrected chi connectivity index (χ2v) is 3.85. The lowest BCUT2D eigenvalue weighted by atomic mass is 10.2. The molecule has 0 nitrogen and oxygen atoms in total. The summed E-state index contributed by atoms with van der Waals surface area (Å²) in [7, 11) is 0. The maximum Gasteiger partial charge on any atom is 0.0387 e. The van der Waals surface area contributed by atoms with E-state index in [1.165, 1.54) is 0 Å². The topological polar surface area (TPSA) is 0 Å². The van der Waals surface area contributed by atoms with E-state index >= 15 is 0 Å². The number of terminal acetylenes is 1. The smallest absolute Gasteiger partial charge is 0.0387 e. The lowest BCUT2D eigenvalue weighted by Crippen LogP contribution is -1.79. The summed E-state index contributed by atoms with van der Waals surface area (Å²) in [6.45, 7) is 0. The summed E-state index contributed by atoms with van der Waals surface area (Å²) in [6, 6.07) is 5.89. The van der Waals surface area contributed by atoms with Gasteiger partial charge in [-0.15, -0.1) is 6.42 Å². The maximum atomic E-state index is 5.24. The molecule has 10 heavy (non-hydrogen) atoms. The Morgan fingerprint density at radius 3 is 2.70 bits per heavy atom. The van der Waals surface area contributed by atoms with Crippen LogP contribution in [-0.2, 0) is 0 Å². The van der Waals surface area contributed by atoms with Crippen molar-refractivity contribution in [3.63, 3.8) is 0 Å². The Bertz CT molecular complexity index is 286. The zero-order valence-electron chi connectivity index (χ0n) is 5.07. The minimum atomic E-state index is 0.940. The van der Waals surface area contributed by atoms with Crippen molar-refractivity contribution in [3.8, 4) is 12.3 Å². The Kier molecular flexibility index (Phi) is 2.75. The summed E-state index contributed by atoms with van der Waals surface area (Å²) < 4.78 is 2.14. The van der Waals surface area contributed by atoms with Gasteiger partial charge in [0.1, 0.15) is 0 Å². The molecule has 0 amide bonds. The first-order valence-corrected chi connectivity index (χ1v) is 4.53. The van der Waals surface area contributed by atoms with Crippen LogP contribution in [0.1, 0.15) is 5.56 Å². The number of hydrogen-bond donors (Lipinski definition) is 0. The summed E-state index contributed by atoms with van der Waals surface area (Å²) in [5.41, 5.74) is 0.940. The molecule has 0 fully saturated rings. The molecule has 0 aliphatic carbocycles. The van der Waals surface area contributed by atoms with E-state index in [0.29, 0.717) is 0 Å². The molecule has 1 aromatic carbocycles. The molecule has 50 valence electrons. The Hall–Kier alpha value is -0.0100. The third kappa shape index (κ3) is 1.74. The molecule has 0 bridgehead atoms. The Labute approximate surface area is 82.3 Å². The van der Waals surface area contributed by atoms with Gasteiger partial charge in [-0.25, -0.2) is 0 Å². The highest BCUT2D eigenvalue weighted by Gasteiger charge is 1.94. The molecular weight excluding hydrogens is 303 g/mol. The Morgan fingerprint density at radius 1 is 1.50 bits per heavy atom. The van der Waals surface area contributed by atoms with Gasteiger partial charge in [0.15, 0.2) is 0 Å². The Morgan fingerprint density at radius 2 is 2.20 bits per heavy atom. The normalized spacial score (nSPS) is 8.90. The average molecular weight is 307 g/mol. The van der Waals surface area contributed by atoms with Gasteiger partial charge in [-0.05, 0) is 40.8 Å². The molecule has 0 spiro atoms. The molecule has 0 saturated carbocycles. The molecule has 1 aromatic rings. The van der Waals surface area contributed by atoms with Crippen LogP contribution in [0.15, 0.2) is 22.7 Å². The van der Waals surface area contributed by atoms with Gasteiger partial charge in [-0.2, -0.15) is 0 Å². The zero-order chi connectivity index (χ0) is 7.56. The molecule has 1 rings (SSSR count). The fourth-order valence-corrected chi connectivity index (χ4v) is 1.46. The van der Waals surface area contributed by atoms with Gasteiger partial charge in [0.2, 0.25) is 0 Å². The molecule has 0 unspecified atom stereocenters. The van der Waals surface area contributed by atoms with E-state index in [1.807, 2.05) is 18.2 Å². The van der Waals surface area contributed by atoms with E-state index in [2.05, 4.69) is 44.4 Å². The van der Waals surface area contributed by atoms with Crippen LogP contribution in [0.3, 0.4) is 0 Å². The molecule has 2 heteroatoms. The van der Waals surface area contributed by atoms with Gasteiger partial charge in [-0.3, -0.25) is 0 Å². The second kappa shape index (κ2) is 3.40. The predicted molar refractivity (Wildman–Crippen MR) is 54.8 cm³/mol. The quantitative estimate of drug-likeness (QED) is 0.510. The monoisotopic (exact) mass is 306 g/mol. The third-order valence-corrected chi connectivity index (χ3v) is 2.52. The van der Waals surface area contributed by atoms with Crippen molar-refractivity contribution >= 4 is 38.5 Å². The fraction of sp³-hybridized carbons (Fsp3) is 0. The minimum Gasteiger partial charge on any atom is -0.115 e. The lowest BCUT2D eigenvalue weighted by Gasteiger charge is -1.95. The molecule has 0 aromatic heterocycles. The highest BCUT2D eigenvalue weighted by molar-refractivity contribution is 14.1. The number of hydrogen-bond acceptors (Lipinski definition) is 0. The van der Waals surface area contributed by atoms with Crippen LogP contribution in [0.2, 0.25) is 0 Å². The molecule has 0 atom stereocenters. The number of rotatable bonds is 0. The third-order valence-electron chi connectivity index (χ3n) is 1.08. The van der Waals surface area contributed by atoms with E-state index in [4.69, 9.17) is 6.42 Å². The van der Waals surface area contributed by atoms with Crippen LogP contribution in [0, 0.1) is 15.9 Å². The molecule has 0 saturated heterocycles. The number of halogens is 2. The van der Waals surface area contributed by atoms with Crippen LogP contribution >= 0.6 is 38.5 Å². The highest BCUT2D eigenvalue weighted by Crippen LogP contribution is 2.16. The summed E-state index contributed by atoms with van der Waals surface area (Å²) in [6.07, 6.45) is 5.24. The fourth-order valence-electron chi connectivity index (χ4n) is 0.608. The SMILES string of the molecule is C#Cc1cc(Br)ccc1I. The van der Waals surface area contributed by atoms with Crippen LogP contribution in [-0.4, -0.2) is 0 Å². The van der Waals surface area contributed by atoms with Crippen LogP contribution in [0.25, 0.3) is 0 Å². The summed E-state index contributed by atoms with van der Waals surface area (Å²) in [5.74, 6) is 2.60. The van der Waals surface area contributed by atoms with E-state index in [0.717, 1.165) is 13.6 Å². The first kappa shape index (κ1) is 8.09. The highest BCUT2D eigenvalue weighted by atomic mass is 127. The van der Waals surface area contributed by atoms with Gasteiger partial charge in [-0.1, -0.05) is 21.9 Å². The van der Waals surface area contributed by atoms with Crippen molar-refractivity contribution in [3.05, 3.63) is 31.8 Å². The first-order valence-electron chi connectivity index (χ1n) is 2.65. The van der Waals surface area contributed by atoms with Crippen molar-refractivity contribution < 1.29 is 0 Å². The van der Waals surface area contributed by atoms with Gasteiger partial charge in [0.25, 0.3) is 0 Å². The van der Waals surface area contributed by atoms with Gasteiger partial charge in [0.05, 0.1) is 0 Å². The number of benzene rings is 1. The Balaban J connectivity index is 3.25. The second-order valence-electron chi connectivity index (χ2n) is 1.77. The van der Waals surface area contributed by atoms with E-state index < -0.39 is 0 Å². The van der Waals surface area contributed by atoms with Crippen LogP contribution in [0.4, 0.5) is 0 Å². The van der Waals surface area contributed by atoms with Crippen molar-refractivity contribution in [2.45, 2.75) is 0 Å². The van der Waals surface area contributed by atoms with E-state index in [1.54, 1.807) is 0 Å². The van der Waals surface area contributed by atoms with Crippen molar-refractivity contribution in [1.29, 1.82) is 0 Å². The van der Waals surface area contributed by atoms with Crippen LogP contribution < -0.4 is 0 Å². The largest absolute Gasteiger partial charge is 0.115 e. The van der Waals surface area contributed by atoms with Gasteiger partial charge >= 0.3 is 0 Å². The van der Waals surface area contributed by atoms with E-state index in [-0.39, 0.29) is 0 Å². The van der Waals surface area contributed by atoms with Crippen molar-refractivity contribution in [2.24, 2.45) is 0 Å². The van der Waals surface area contributed by atoms with Gasteiger partial charge < -0.3 is 0 Å². The molecule has 0 heterocycles. The van der Waals surface area contributed by atoms with Crippen LogP contribution in [0.5, 0.6) is 0 Å². The standard InChI is InChI=1S/C8H4BrI/c1-2-6-5-7(9)3-4-8(6)10/h1,3-5H. The maximum absolute atomic E-state index is 5.24. The molecule has 0 aliphatic heterocycles. The van der Waals surface area contributed by atoms with E-state index in [9.17, 15) is 0 Å². The minimum absolute atomic E-state index is 0.940. The zero-order valence-corrected chi connectivity index (χ0v) is 8.81. The van der Waals surface area contributed by atoms with Gasteiger partial charge in [0, 0.05) is 13.6 Å². The molecule has 0 N–H and O–H groups in total. The first-order chi connectivity index (χ1) is 4.74. The predicted octanol–water partition coefficient (Wildman–Crippen LogP) is 3.04. The molecule has 0 radical (unpaired) electrons. The molecule has 0 aliphatic rings. The average Bonchev–Trinajstić information content (AvgIpc) is 1.94. The van der Waals surface area contributed by atoms with Crippen molar-refractivity contribution in [1.82, 2.24) is 0 Å². The summed E-state index contributed by atoms with van der Waals surface area (Å²) in [4.78, 5) is 0. The molecular formula is C8H4BrI. The lowest BCUT2D eigenvalue weighted by molar-refractivity contribution is 1.55. The summed E-state index contributed by atoms with van der Waals surface area (Å²) in [5, 5.41) is 0.